The minimum absolute atomic E-state index is 0.128. The van der Waals surface area contributed by atoms with Crippen LogP contribution < -0.4 is 5.32 Å². The molecule has 0 saturated heterocycles. The first-order valence-electron chi connectivity index (χ1n) is 5.76. The van der Waals surface area contributed by atoms with Crippen molar-refractivity contribution in [3.05, 3.63) is 41.5 Å². The summed E-state index contributed by atoms with van der Waals surface area (Å²) in [4.78, 5) is 23.6. The molecule has 1 heterocycles. The zero-order valence-corrected chi connectivity index (χ0v) is 9.82. The highest BCUT2D eigenvalue weighted by atomic mass is 16.5. The number of hydrogen-bond donors (Lipinski definition) is 1. The molecule has 2 aromatic rings. The van der Waals surface area contributed by atoms with Gasteiger partial charge in [0.1, 0.15) is 0 Å². The van der Waals surface area contributed by atoms with Crippen molar-refractivity contribution < 1.29 is 14.3 Å². The molecule has 0 saturated carbocycles. The maximum Gasteiger partial charge on any atom is 0.338 e. The second kappa shape index (κ2) is 3.84. The number of anilines is 1. The van der Waals surface area contributed by atoms with Crippen LogP contribution in [0.5, 0.6) is 0 Å². The van der Waals surface area contributed by atoms with Crippen molar-refractivity contribution in [3.63, 3.8) is 0 Å². The fourth-order valence-electron chi connectivity index (χ4n) is 2.28. The van der Waals surface area contributed by atoms with E-state index in [1.807, 2.05) is 6.07 Å². The van der Waals surface area contributed by atoms with Crippen molar-refractivity contribution in [2.45, 2.75) is 6.92 Å². The standard InChI is InChI=1S/C14H11NO3/c1-2-18-14(17)9-6-7-11-12-8(9)4-3-5-10(12)13(16)15-11/h3-7H,2H2,1H3,(H,15,16). The highest BCUT2D eigenvalue weighted by Gasteiger charge is 2.23. The smallest absolute Gasteiger partial charge is 0.338 e. The Labute approximate surface area is 104 Å². The second-order valence-electron chi connectivity index (χ2n) is 4.06. The molecule has 2 aromatic carbocycles. The monoisotopic (exact) mass is 241 g/mol. The molecule has 0 bridgehead atoms. The lowest BCUT2D eigenvalue weighted by molar-refractivity contribution is 0.0528. The summed E-state index contributed by atoms with van der Waals surface area (Å²) in [5.74, 6) is -0.489. The molecule has 4 nitrogen and oxygen atoms in total. The Morgan fingerprint density at radius 3 is 2.89 bits per heavy atom. The number of rotatable bonds is 2. The van der Waals surface area contributed by atoms with Gasteiger partial charge in [-0.3, -0.25) is 4.79 Å². The van der Waals surface area contributed by atoms with Gasteiger partial charge in [-0.2, -0.15) is 0 Å². The third-order valence-corrected chi connectivity index (χ3v) is 3.03. The summed E-state index contributed by atoms with van der Waals surface area (Å²) >= 11 is 0. The maximum atomic E-state index is 11.9. The molecule has 0 unspecified atom stereocenters. The van der Waals surface area contributed by atoms with Crippen molar-refractivity contribution in [2.24, 2.45) is 0 Å². The second-order valence-corrected chi connectivity index (χ2v) is 4.06. The summed E-state index contributed by atoms with van der Waals surface area (Å²) in [6, 6.07) is 8.78. The number of carbonyl (C=O) groups is 2. The molecule has 1 amide bonds. The number of ether oxygens (including phenoxy) is 1. The fraction of sp³-hybridized carbons (Fsp3) is 0.143. The highest BCUT2D eigenvalue weighted by molar-refractivity contribution is 6.26. The molecule has 0 aliphatic carbocycles. The molecule has 4 heteroatoms. The van der Waals surface area contributed by atoms with Crippen LogP contribution in [-0.2, 0) is 4.74 Å². The molecule has 0 radical (unpaired) electrons. The van der Waals surface area contributed by atoms with Crippen molar-refractivity contribution >= 4 is 28.3 Å². The summed E-state index contributed by atoms with van der Waals surface area (Å²) in [5, 5.41) is 4.33. The molecule has 18 heavy (non-hydrogen) atoms. The fourth-order valence-corrected chi connectivity index (χ4v) is 2.28. The van der Waals surface area contributed by atoms with Crippen molar-refractivity contribution in [3.8, 4) is 0 Å². The van der Waals surface area contributed by atoms with E-state index in [0.29, 0.717) is 17.7 Å². The normalized spacial score (nSPS) is 12.6. The van der Waals surface area contributed by atoms with Crippen LogP contribution in [0.25, 0.3) is 10.8 Å². The van der Waals surface area contributed by atoms with Crippen molar-refractivity contribution in [1.82, 2.24) is 0 Å². The van der Waals surface area contributed by atoms with E-state index >= 15 is 0 Å². The van der Waals surface area contributed by atoms with Crippen LogP contribution in [0.1, 0.15) is 27.6 Å². The Morgan fingerprint density at radius 2 is 2.11 bits per heavy atom. The van der Waals surface area contributed by atoms with E-state index in [0.717, 1.165) is 16.5 Å². The maximum absolute atomic E-state index is 11.9. The van der Waals surface area contributed by atoms with E-state index in [2.05, 4.69) is 5.32 Å². The van der Waals surface area contributed by atoms with E-state index < -0.39 is 0 Å². The van der Waals surface area contributed by atoms with E-state index in [-0.39, 0.29) is 11.9 Å². The van der Waals surface area contributed by atoms with E-state index in [4.69, 9.17) is 4.74 Å². The lowest BCUT2D eigenvalue weighted by atomic mass is 10.0. The Bertz CT molecular complexity index is 676. The summed E-state index contributed by atoms with van der Waals surface area (Å²) in [7, 11) is 0. The third-order valence-electron chi connectivity index (χ3n) is 3.03. The first kappa shape index (κ1) is 10.8. The topological polar surface area (TPSA) is 55.4 Å². The van der Waals surface area contributed by atoms with Crippen LogP contribution in [-0.4, -0.2) is 18.5 Å². The van der Waals surface area contributed by atoms with Gasteiger partial charge in [0.2, 0.25) is 0 Å². The average Bonchev–Trinajstić information content (AvgIpc) is 2.69. The molecular formula is C14H11NO3. The number of amides is 1. The van der Waals surface area contributed by atoms with E-state index in [1.165, 1.54) is 0 Å². The van der Waals surface area contributed by atoms with E-state index in [1.54, 1.807) is 31.2 Å². The number of esters is 1. The van der Waals surface area contributed by atoms with Gasteiger partial charge in [0.25, 0.3) is 5.91 Å². The number of nitrogens with one attached hydrogen (secondary N) is 1. The molecule has 90 valence electrons. The minimum Gasteiger partial charge on any atom is -0.462 e. The van der Waals surface area contributed by atoms with Gasteiger partial charge in [-0.05, 0) is 30.5 Å². The first-order valence-corrected chi connectivity index (χ1v) is 5.76. The minimum atomic E-state index is -0.361. The molecular weight excluding hydrogens is 230 g/mol. The number of benzene rings is 2. The summed E-state index contributed by atoms with van der Waals surface area (Å²) in [5.41, 5.74) is 1.85. The van der Waals surface area contributed by atoms with Crippen LogP contribution in [0.4, 0.5) is 5.69 Å². The first-order chi connectivity index (χ1) is 8.72. The Balaban J connectivity index is 2.29. The average molecular weight is 241 g/mol. The van der Waals surface area contributed by atoms with Crippen LogP contribution in [0.2, 0.25) is 0 Å². The van der Waals surface area contributed by atoms with Crippen LogP contribution in [0.15, 0.2) is 30.3 Å². The molecule has 0 atom stereocenters. The highest BCUT2D eigenvalue weighted by Crippen LogP contribution is 2.34. The summed E-state index contributed by atoms with van der Waals surface area (Å²) in [6.07, 6.45) is 0. The predicted octanol–water partition coefficient (Wildman–Crippen LogP) is 2.58. The van der Waals surface area contributed by atoms with Gasteiger partial charge in [0.05, 0.1) is 12.2 Å². The van der Waals surface area contributed by atoms with Crippen molar-refractivity contribution in [2.75, 3.05) is 11.9 Å². The quantitative estimate of drug-likeness (QED) is 0.822. The van der Waals surface area contributed by atoms with Crippen LogP contribution in [0.3, 0.4) is 0 Å². The number of hydrogen-bond acceptors (Lipinski definition) is 3. The zero-order chi connectivity index (χ0) is 12.7. The molecule has 0 aromatic heterocycles. The van der Waals surface area contributed by atoms with Crippen molar-refractivity contribution in [1.29, 1.82) is 0 Å². The largest absolute Gasteiger partial charge is 0.462 e. The van der Waals surface area contributed by atoms with Gasteiger partial charge in [0, 0.05) is 16.6 Å². The van der Waals surface area contributed by atoms with Gasteiger partial charge >= 0.3 is 5.97 Å². The molecule has 3 rings (SSSR count). The predicted molar refractivity (Wildman–Crippen MR) is 67.9 cm³/mol. The summed E-state index contributed by atoms with van der Waals surface area (Å²) in [6.45, 7) is 2.10. The molecule has 1 N–H and O–H groups in total. The molecule has 0 fully saturated rings. The third kappa shape index (κ3) is 1.39. The zero-order valence-electron chi connectivity index (χ0n) is 9.82. The Hall–Kier alpha value is -2.36. The van der Waals surface area contributed by atoms with E-state index in [9.17, 15) is 9.59 Å². The lowest BCUT2D eigenvalue weighted by Crippen LogP contribution is -2.05. The Kier molecular flexibility index (Phi) is 2.30. The molecule has 1 aliphatic rings. The van der Waals surface area contributed by atoms with Gasteiger partial charge in [-0.25, -0.2) is 4.79 Å². The number of carbonyl (C=O) groups excluding carboxylic acids is 2. The lowest BCUT2D eigenvalue weighted by Gasteiger charge is -2.06. The van der Waals surface area contributed by atoms with Crippen LogP contribution >= 0.6 is 0 Å². The SMILES string of the molecule is CCOC(=O)c1ccc2c3c(cccc13)C(=O)N2. The molecule has 1 aliphatic heterocycles. The molecule has 0 spiro atoms. The Morgan fingerprint density at radius 1 is 1.28 bits per heavy atom. The van der Waals surface area contributed by atoms with Crippen LogP contribution in [0, 0.1) is 0 Å². The van der Waals surface area contributed by atoms with Gasteiger partial charge in [0.15, 0.2) is 0 Å². The van der Waals surface area contributed by atoms with Gasteiger partial charge in [-0.15, -0.1) is 0 Å². The van der Waals surface area contributed by atoms with Gasteiger partial charge in [-0.1, -0.05) is 12.1 Å². The van der Waals surface area contributed by atoms with Gasteiger partial charge < -0.3 is 10.1 Å². The summed E-state index contributed by atoms with van der Waals surface area (Å²) < 4.78 is 5.02.